The molecule has 0 aliphatic heterocycles. The van der Waals surface area contributed by atoms with Gasteiger partial charge in [-0.2, -0.15) is 0 Å². The molecular weight excluding hydrogens is 430 g/mol. The number of hydrogen-bond acceptors (Lipinski definition) is 7. The second-order valence-corrected chi connectivity index (χ2v) is 8.61. The van der Waals surface area contributed by atoms with Crippen molar-refractivity contribution in [2.45, 2.75) is 11.4 Å². The molecule has 0 aliphatic rings. The van der Waals surface area contributed by atoms with Gasteiger partial charge in [0.2, 0.25) is 5.91 Å². The van der Waals surface area contributed by atoms with Crippen LogP contribution < -0.4 is 14.4 Å². The highest BCUT2D eigenvalue weighted by atomic mass is 32.2. The van der Waals surface area contributed by atoms with Gasteiger partial charge in [-0.05, 0) is 35.9 Å². The van der Waals surface area contributed by atoms with Crippen molar-refractivity contribution in [3.8, 4) is 11.5 Å². The summed E-state index contributed by atoms with van der Waals surface area (Å²) in [5.41, 5.74) is 1.61. The summed E-state index contributed by atoms with van der Waals surface area (Å²) in [7, 11) is 3.23. The maximum absolute atomic E-state index is 13.3. The number of pyridine rings is 1. The molecule has 0 N–H and O–H groups in total. The molecule has 0 aliphatic carbocycles. The van der Waals surface area contributed by atoms with Gasteiger partial charge in [0, 0.05) is 17.3 Å². The molecule has 2 aromatic carbocycles. The Balaban J connectivity index is 1.69. The van der Waals surface area contributed by atoms with E-state index in [0.29, 0.717) is 34.4 Å². The molecule has 8 heteroatoms. The van der Waals surface area contributed by atoms with E-state index in [2.05, 4.69) is 4.98 Å². The Morgan fingerprint density at radius 1 is 1.03 bits per heavy atom. The maximum atomic E-state index is 13.3. The number of aromatic nitrogens is 2. The van der Waals surface area contributed by atoms with E-state index in [-0.39, 0.29) is 5.91 Å². The van der Waals surface area contributed by atoms with Gasteiger partial charge in [0.15, 0.2) is 5.13 Å². The highest BCUT2D eigenvalue weighted by Crippen LogP contribution is 2.40. The predicted molar refractivity (Wildman–Crippen MR) is 125 cm³/mol. The molecule has 31 heavy (non-hydrogen) atoms. The van der Waals surface area contributed by atoms with Crippen LogP contribution in [0.1, 0.15) is 5.56 Å². The summed E-state index contributed by atoms with van der Waals surface area (Å²) in [4.78, 5) is 25.0. The lowest BCUT2D eigenvalue weighted by molar-refractivity contribution is -0.116. The van der Waals surface area contributed by atoms with Crippen LogP contribution in [0.4, 0.5) is 5.13 Å². The molecule has 0 bridgehead atoms. The highest BCUT2D eigenvalue weighted by molar-refractivity contribution is 8.00. The Bertz CT molecular complexity index is 1130. The van der Waals surface area contributed by atoms with Crippen LogP contribution in [0.25, 0.3) is 10.2 Å². The minimum atomic E-state index is -0.0327. The van der Waals surface area contributed by atoms with Gasteiger partial charge < -0.3 is 9.47 Å². The monoisotopic (exact) mass is 451 g/mol. The van der Waals surface area contributed by atoms with Crippen LogP contribution in [0.15, 0.2) is 71.9 Å². The predicted octanol–water partition coefficient (Wildman–Crippen LogP) is 5.03. The van der Waals surface area contributed by atoms with Gasteiger partial charge >= 0.3 is 0 Å². The Morgan fingerprint density at radius 2 is 1.81 bits per heavy atom. The van der Waals surface area contributed by atoms with Crippen molar-refractivity contribution in [1.82, 2.24) is 9.97 Å². The first-order chi connectivity index (χ1) is 15.2. The van der Waals surface area contributed by atoms with Crippen molar-refractivity contribution in [2.24, 2.45) is 0 Å². The van der Waals surface area contributed by atoms with E-state index in [1.54, 1.807) is 31.5 Å². The average Bonchev–Trinajstić information content (AvgIpc) is 3.27. The number of anilines is 1. The van der Waals surface area contributed by atoms with Crippen LogP contribution >= 0.6 is 23.1 Å². The number of hydrogen-bond donors (Lipinski definition) is 0. The number of ether oxygens (including phenoxy) is 2. The zero-order valence-electron chi connectivity index (χ0n) is 17.1. The second kappa shape index (κ2) is 9.80. The molecule has 4 rings (SSSR count). The van der Waals surface area contributed by atoms with Gasteiger partial charge in [0.05, 0.1) is 26.5 Å². The minimum absolute atomic E-state index is 0.0327. The number of thioether (sulfide) groups is 1. The second-order valence-electron chi connectivity index (χ2n) is 6.59. The molecule has 0 saturated carbocycles. The van der Waals surface area contributed by atoms with E-state index >= 15 is 0 Å². The van der Waals surface area contributed by atoms with Gasteiger partial charge in [-0.3, -0.25) is 14.7 Å². The van der Waals surface area contributed by atoms with Gasteiger partial charge in [0.1, 0.15) is 21.7 Å². The summed E-state index contributed by atoms with van der Waals surface area (Å²) in [6, 6.07) is 17.4. The first kappa shape index (κ1) is 21.1. The van der Waals surface area contributed by atoms with Crippen molar-refractivity contribution in [3.05, 3.63) is 72.6 Å². The molecule has 4 aromatic rings. The third-order valence-electron chi connectivity index (χ3n) is 4.60. The lowest BCUT2D eigenvalue weighted by Gasteiger charge is -2.19. The Morgan fingerprint density at radius 3 is 2.52 bits per heavy atom. The van der Waals surface area contributed by atoms with Crippen LogP contribution in [0.5, 0.6) is 11.5 Å². The van der Waals surface area contributed by atoms with Gasteiger partial charge in [-0.1, -0.05) is 35.6 Å². The summed E-state index contributed by atoms with van der Waals surface area (Å²) >= 11 is 2.92. The molecule has 0 spiro atoms. The number of fused-ring (bicyclic) bond motifs is 1. The van der Waals surface area contributed by atoms with Crippen LogP contribution in [0.2, 0.25) is 0 Å². The van der Waals surface area contributed by atoms with E-state index in [9.17, 15) is 4.79 Å². The normalized spacial score (nSPS) is 10.8. The minimum Gasteiger partial charge on any atom is -0.495 e. The number of rotatable bonds is 8. The molecule has 0 saturated heterocycles. The quantitative estimate of drug-likeness (QED) is 0.350. The topological polar surface area (TPSA) is 64.6 Å². The molecular formula is C23H21N3O3S2. The maximum Gasteiger partial charge on any atom is 0.239 e. The molecule has 1 amide bonds. The van der Waals surface area contributed by atoms with Gasteiger partial charge in [0.25, 0.3) is 0 Å². The van der Waals surface area contributed by atoms with Crippen molar-refractivity contribution < 1.29 is 14.3 Å². The first-order valence-electron chi connectivity index (χ1n) is 9.58. The number of benzene rings is 2. The summed E-state index contributed by atoms with van der Waals surface area (Å²) in [5.74, 6) is 1.61. The summed E-state index contributed by atoms with van der Waals surface area (Å²) in [6.45, 7) is 0.381. The third-order valence-corrected chi connectivity index (χ3v) is 6.69. The third kappa shape index (κ3) is 4.81. The fraction of sp³-hybridized carbons (Fsp3) is 0.174. The van der Waals surface area contributed by atoms with Crippen LogP contribution in [0.3, 0.4) is 0 Å². The van der Waals surface area contributed by atoms with Crippen molar-refractivity contribution in [2.75, 3.05) is 24.9 Å². The molecule has 0 fully saturated rings. The van der Waals surface area contributed by atoms with Crippen molar-refractivity contribution >= 4 is 44.4 Å². The largest absolute Gasteiger partial charge is 0.495 e. The van der Waals surface area contributed by atoms with E-state index in [1.165, 1.54) is 23.1 Å². The Hall–Kier alpha value is -3.10. The van der Waals surface area contributed by atoms with Gasteiger partial charge in [-0.15, -0.1) is 11.8 Å². The molecule has 6 nitrogen and oxygen atoms in total. The average molecular weight is 452 g/mol. The first-order valence-corrected chi connectivity index (χ1v) is 11.4. The molecule has 0 unspecified atom stereocenters. The van der Waals surface area contributed by atoms with Crippen LogP contribution in [0, 0.1) is 0 Å². The molecule has 0 atom stereocenters. The Kier molecular flexibility index (Phi) is 6.69. The molecule has 2 heterocycles. The molecule has 158 valence electrons. The lowest BCUT2D eigenvalue weighted by Crippen LogP contribution is -2.31. The number of carbonyl (C=O) groups excluding carboxylic acids is 1. The smallest absolute Gasteiger partial charge is 0.239 e. The Labute approximate surface area is 188 Å². The van der Waals surface area contributed by atoms with Crippen molar-refractivity contribution in [3.63, 3.8) is 0 Å². The summed E-state index contributed by atoms with van der Waals surface area (Å²) in [5, 5.41) is 0.598. The van der Waals surface area contributed by atoms with Crippen LogP contribution in [-0.4, -0.2) is 35.8 Å². The van der Waals surface area contributed by atoms with E-state index < -0.39 is 0 Å². The lowest BCUT2D eigenvalue weighted by atomic mass is 10.2. The number of amides is 1. The summed E-state index contributed by atoms with van der Waals surface area (Å²) < 4.78 is 11.8. The number of nitrogens with zero attached hydrogens (tertiary/aromatic N) is 3. The standard InChI is InChI=1S/C23H21N3O3S2/c1-28-18-10-11-19(29-2)22-21(18)25-23(31-22)26(14-16-7-6-12-24-13-16)20(27)15-30-17-8-4-3-5-9-17/h3-13H,14-15H2,1-2H3. The van der Waals surface area contributed by atoms with Crippen LogP contribution in [-0.2, 0) is 11.3 Å². The van der Waals surface area contributed by atoms with Crippen molar-refractivity contribution in [1.29, 1.82) is 0 Å². The number of thiazole rings is 1. The summed E-state index contributed by atoms with van der Waals surface area (Å²) in [6.07, 6.45) is 3.48. The van der Waals surface area contributed by atoms with Gasteiger partial charge in [-0.25, -0.2) is 4.98 Å². The highest BCUT2D eigenvalue weighted by Gasteiger charge is 2.23. The molecule has 0 radical (unpaired) electrons. The SMILES string of the molecule is COc1ccc(OC)c2sc(N(Cc3cccnc3)C(=O)CSc3ccccc3)nc12. The zero-order chi connectivity index (χ0) is 21.6. The van der Waals surface area contributed by atoms with E-state index in [1.807, 2.05) is 54.6 Å². The molecule has 2 aromatic heterocycles. The zero-order valence-corrected chi connectivity index (χ0v) is 18.8. The fourth-order valence-electron chi connectivity index (χ4n) is 3.07. The number of methoxy groups -OCH3 is 2. The van der Waals surface area contributed by atoms with E-state index in [0.717, 1.165) is 15.2 Å². The number of carbonyl (C=O) groups is 1. The van der Waals surface area contributed by atoms with E-state index in [4.69, 9.17) is 14.5 Å². The fourth-order valence-corrected chi connectivity index (χ4v) is 4.95.